The third-order valence-electron chi connectivity index (χ3n) is 4.08. The highest BCUT2D eigenvalue weighted by molar-refractivity contribution is 6.04. The van der Waals surface area contributed by atoms with Gasteiger partial charge in [0, 0.05) is 23.5 Å². The summed E-state index contributed by atoms with van der Waals surface area (Å²) in [7, 11) is 1.61. The molecule has 0 fully saturated rings. The molecule has 0 unspecified atom stereocenters. The van der Waals surface area contributed by atoms with Crippen molar-refractivity contribution in [1.82, 2.24) is 0 Å². The minimum absolute atomic E-state index is 0.0433. The minimum Gasteiger partial charge on any atom is -0.497 e. The van der Waals surface area contributed by atoms with Crippen molar-refractivity contribution in [2.75, 3.05) is 30.9 Å². The van der Waals surface area contributed by atoms with Gasteiger partial charge in [-0.25, -0.2) is 8.78 Å². The Balaban J connectivity index is 1.45. The Kier molecular flexibility index (Phi) is 6.63. The SMILES string of the molecule is COc1ccc(OCCNc2ccc(NC(=O)c3ccc(F)c(F)c3)cc2)cc1. The van der Waals surface area contributed by atoms with Crippen molar-refractivity contribution in [3.63, 3.8) is 0 Å². The van der Waals surface area contributed by atoms with Gasteiger partial charge in [0.25, 0.3) is 5.91 Å². The lowest BCUT2D eigenvalue weighted by Gasteiger charge is -2.10. The number of carbonyl (C=O) groups is 1. The Bertz CT molecular complexity index is 961. The van der Waals surface area contributed by atoms with Crippen LogP contribution in [0.5, 0.6) is 11.5 Å². The average Bonchev–Trinajstić information content (AvgIpc) is 2.74. The molecule has 0 saturated heterocycles. The van der Waals surface area contributed by atoms with Gasteiger partial charge in [0.1, 0.15) is 18.1 Å². The molecule has 0 aromatic heterocycles. The lowest BCUT2D eigenvalue weighted by molar-refractivity contribution is 0.102. The predicted molar refractivity (Wildman–Crippen MR) is 108 cm³/mol. The van der Waals surface area contributed by atoms with E-state index in [0.29, 0.717) is 18.8 Å². The van der Waals surface area contributed by atoms with Crippen molar-refractivity contribution in [2.24, 2.45) is 0 Å². The number of carbonyl (C=O) groups excluding carboxylic acids is 1. The number of methoxy groups -OCH3 is 1. The number of nitrogens with one attached hydrogen (secondary N) is 2. The van der Waals surface area contributed by atoms with Crippen LogP contribution in [-0.4, -0.2) is 26.2 Å². The van der Waals surface area contributed by atoms with Crippen LogP contribution in [0.1, 0.15) is 10.4 Å². The predicted octanol–water partition coefficient (Wildman–Crippen LogP) is 4.72. The van der Waals surface area contributed by atoms with E-state index in [1.54, 1.807) is 31.4 Å². The first kappa shape index (κ1) is 20.1. The lowest BCUT2D eigenvalue weighted by atomic mass is 10.2. The van der Waals surface area contributed by atoms with Gasteiger partial charge in [-0.15, -0.1) is 0 Å². The molecule has 0 spiro atoms. The Hall–Kier alpha value is -3.61. The molecule has 7 heteroatoms. The van der Waals surface area contributed by atoms with Crippen molar-refractivity contribution in [1.29, 1.82) is 0 Å². The van der Waals surface area contributed by atoms with Gasteiger partial charge >= 0.3 is 0 Å². The molecule has 3 rings (SSSR count). The van der Waals surface area contributed by atoms with Gasteiger partial charge in [-0.3, -0.25) is 4.79 Å². The second-order valence-electron chi connectivity index (χ2n) is 6.11. The van der Waals surface area contributed by atoms with Crippen LogP contribution in [-0.2, 0) is 0 Å². The minimum atomic E-state index is -1.06. The zero-order valence-corrected chi connectivity index (χ0v) is 15.7. The molecule has 0 bridgehead atoms. The van der Waals surface area contributed by atoms with Gasteiger partial charge < -0.3 is 20.1 Å². The van der Waals surface area contributed by atoms with Gasteiger partial charge in [-0.2, -0.15) is 0 Å². The van der Waals surface area contributed by atoms with Gasteiger partial charge in [-0.05, 0) is 66.7 Å². The van der Waals surface area contributed by atoms with Crippen LogP contribution in [0.4, 0.5) is 20.2 Å². The Labute approximate surface area is 167 Å². The van der Waals surface area contributed by atoms with E-state index in [1.807, 2.05) is 24.3 Å². The molecule has 5 nitrogen and oxygen atoms in total. The molecule has 0 aliphatic heterocycles. The third kappa shape index (κ3) is 5.68. The van der Waals surface area contributed by atoms with Crippen molar-refractivity contribution < 1.29 is 23.0 Å². The molecule has 150 valence electrons. The van der Waals surface area contributed by atoms with Gasteiger partial charge in [0.05, 0.1) is 7.11 Å². The molecule has 0 heterocycles. The number of hydrogen-bond donors (Lipinski definition) is 2. The molecule has 3 aromatic carbocycles. The zero-order chi connectivity index (χ0) is 20.6. The standard InChI is InChI=1S/C22H20F2N2O3/c1-28-18-7-9-19(10-8-18)29-13-12-25-16-3-5-17(6-4-16)26-22(27)15-2-11-20(23)21(24)14-15/h2-11,14,25H,12-13H2,1H3,(H,26,27). The Morgan fingerprint density at radius 3 is 2.17 bits per heavy atom. The largest absolute Gasteiger partial charge is 0.497 e. The summed E-state index contributed by atoms with van der Waals surface area (Å²) in [5, 5.41) is 5.85. The summed E-state index contributed by atoms with van der Waals surface area (Å²) in [6.07, 6.45) is 0. The summed E-state index contributed by atoms with van der Waals surface area (Å²) in [5.74, 6) is -1.05. The fourth-order valence-electron chi connectivity index (χ4n) is 2.55. The maximum atomic E-state index is 13.2. The van der Waals surface area contributed by atoms with Gasteiger partial charge in [0.15, 0.2) is 11.6 Å². The van der Waals surface area contributed by atoms with Crippen molar-refractivity contribution in [3.05, 3.63) is 83.9 Å². The maximum Gasteiger partial charge on any atom is 0.255 e. The second kappa shape index (κ2) is 9.54. The first-order chi connectivity index (χ1) is 14.0. The summed E-state index contributed by atoms with van der Waals surface area (Å²) in [4.78, 5) is 12.1. The lowest BCUT2D eigenvalue weighted by Crippen LogP contribution is -2.13. The molecule has 0 aliphatic carbocycles. The van der Waals surface area contributed by atoms with E-state index < -0.39 is 17.5 Å². The molecule has 1 amide bonds. The van der Waals surface area contributed by atoms with Gasteiger partial charge in [-0.1, -0.05) is 0 Å². The highest BCUT2D eigenvalue weighted by atomic mass is 19.2. The monoisotopic (exact) mass is 398 g/mol. The summed E-state index contributed by atoms with van der Waals surface area (Å²) >= 11 is 0. The molecular weight excluding hydrogens is 378 g/mol. The van der Waals surface area contributed by atoms with Crippen LogP contribution >= 0.6 is 0 Å². The van der Waals surface area contributed by atoms with Crippen LogP contribution in [0.2, 0.25) is 0 Å². The van der Waals surface area contributed by atoms with E-state index in [0.717, 1.165) is 29.3 Å². The molecule has 0 aliphatic rings. The van der Waals surface area contributed by atoms with E-state index in [-0.39, 0.29) is 5.56 Å². The van der Waals surface area contributed by atoms with Crippen molar-refractivity contribution in [2.45, 2.75) is 0 Å². The Morgan fingerprint density at radius 1 is 0.862 bits per heavy atom. The summed E-state index contributed by atoms with van der Waals surface area (Å²) in [6.45, 7) is 1.06. The number of benzene rings is 3. The Morgan fingerprint density at radius 2 is 1.52 bits per heavy atom. The highest BCUT2D eigenvalue weighted by Gasteiger charge is 2.10. The number of rotatable bonds is 8. The van der Waals surface area contributed by atoms with Crippen LogP contribution in [0.15, 0.2) is 66.7 Å². The smallest absolute Gasteiger partial charge is 0.255 e. The normalized spacial score (nSPS) is 10.3. The second-order valence-corrected chi connectivity index (χ2v) is 6.11. The van der Waals surface area contributed by atoms with Crippen molar-refractivity contribution in [3.8, 4) is 11.5 Å². The van der Waals surface area contributed by atoms with Crippen LogP contribution < -0.4 is 20.1 Å². The average molecular weight is 398 g/mol. The van der Waals surface area contributed by atoms with E-state index >= 15 is 0 Å². The number of ether oxygens (including phenoxy) is 2. The molecule has 0 radical (unpaired) electrons. The molecule has 29 heavy (non-hydrogen) atoms. The number of halogens is 2. The topological polar surface area (TPSA) is 59.6 Å². The molecule has 3 aromatic rings. The molecule has 0 saturated carbocycles. The molecular formula is C22H20F2N2O3. The van der Waals surface area contributed by atoms with Crippen LogP contribution in [0.25, 0.3) is 0 Å². The van der Waals surface area contributed by atoms with E-state index in [2.05, 4.69) is 10.6 Å². The van der Waals surface area contributed by atoms with E-state index in [9.17, 15) is 13.6 Å². The summed E-state index contributed by atoms with van der Waals surface area (Å²) in [6, 6.07) is 17.4. The van der Waals surface area contributed by atoms with Gasteiger partial charge in [0.2, 0.25) is 0 Å². The molecule has 0 atom stereocenters. The van der Waals surface area contributed by atoms with Crippen molar-refractivity contribution >= 4 is 17.3 Å². The first-order valence-electron chi connectivity index (χ1n) is 8.92. The maximum absolute atomic E-state index is 13.2. The number of amides is 1. The quantitative estimate of drug-likeness (QED) is 0.539. The van der Waals surface area contributed by atoms with E-state index in [4.69, 9.17) is 9.47 Å². The summed E-state index contributed by atoms with van der Waals surface area (Å²) in [5.41, 5.74) is 1.44. The fraction of sp³-hybridized carbons (Fsp3) is 0.136. The highest BCUT2D eigenvalue weighted by Crippen LogP contribution is 2.18. The van der Waals surface area contributed by atoms with Crippen LogP contribution in [0.3, 0.4) is 0 Å². The number of hydrogen-bond acceptors (Lipinski definition) is 4. The summed E-state index contributed by atoms with van der Waals surface area (Å²) < 4.78 is 36.9. The zero-order valence-electron chi connectivity index (χ0n) is 15.7. The third-order valence-corrected chi connectivity index (χ3v) is 4.08. The first-order valence-corrected chi connectivity index (χ1v) is 8.92. The molecule has 2 N–H and O–H groups in total. The number of anilines is 2. The fourth-order valence-corrected chi connectivity index (χ4v) is 2.55. The van der Waals surface area contributed by atoms with E-state index in [1.165, 1.54) is 6.07 Å². The van der Waals surface area contributed by atoms with Crippen LogP contribution in [0, 0.1) is 11.6 Å².